The molecule has 0 spiro atoms. The minimum Gasteiger partial charge on any atom is -0.310 e. The van der Waals surface area contributed by atoms with E-state index in [9.17, 15) is 0 Å². The summed E-state index contributed by atoms with van der Waals surface area (Å²) in [5.74, 6) is 0. The topological polar surface area (TPSA) is 12.0 Å². The quantitative estimate of drug-likeness (QED) is 0.765. The van der Waals surface area contributed by atoms with Gasteiger partial charge in [0, 0.05) is 6.04 Å². The third-order valence-corrected chi connectivity index (χ3v) is 3.96. The van der Waals surface area contributed by atoms with Gasteiger partial charge in [-0.3, -0.25) is 0 Å². The number of rotatable bonds is 7. The van der Waals surface area contributed by atoms with Crippen molar-refractivity contribution in [2.45, 2.75) is 46.1 Å². The van der Waals surface area contributed by atoms with Crippen LogP contribution in [-0.2, 0) is 12.8 Å². The minimum absolute atomic E-state index is 0.402. The standard InChI is InChI=1S/C20H27N/c1-4-13-21-20(15-18-11-9-16(3)10-12-18)19-8-6-7-17(5-2)14-19/h6-12,14,20-21H,4-5,13,15H2,1-3H3. The molecule has 1 atom stereocenters. The van der Waals surface area contributed by atoms with Gasteiger partial charge in [0.2, 0.25) is 0 Å². The van der Waals surface area contributed by atoms with E-state index in [2.05, 4.69) is 74.6 Å². The molecule has 1 nitrogen and oxygen atoms in total. The van der Waals surface area contributed by atoms with Crippen molar-refractivity contribution >= 4 is 0 Å². The van der Waals surface area contributed by atoms with Crippen LogP contribution in [0.3, 0.4) is 0 Å². The van der Waals surface area contributed by atoms with Crippen LogP contribution < -0.4 is 5.32 Å². The maximum Gasteiger partial charge on any atom is 0.0360 e. The molecule has 0 saturated heterocycles. The molecule has 0 bridgehead atoms. The van der Waals surface area contributed by atoms with E-state index in [1.807, 2.05) is 0 Å². The van der Waals surface area contributed by atoms with Crippen LogP contribution in [-0.4, -0.2) is 6.54 Å². The highest BCUT2D eigenvalue weighted by Gasteiger charge is 2.11. The summed E-state index contributed by atoms with van der Waals surface area (Å²) >= 11 is 0. The second-order valence-electron chi connectivity index (χ2n) is 5.80. The van der Waals surface area contributed by atoms with Gasteiger partial charge in [0.05, 0.1) is 0 Å². The highest BCUT2D eigenvalue weighted by atomic mass is 14.9. The molecule has 0 fully saturated rings. The molecular weight excluding hydrogens is 254 g/mol. The Bertz CT molecular complexity index is 542. The smallest absolute Gasteiger partial charge is 0.0360 e. The molecule has 112 valence electrons. The first-order chi connectivity index (χ1) is 10.2. The van der Waals surface area contributed by atoms with E-state index in [4.69, 9.17) is 0 Å². The van der Waals surface area contributed by atoms with Crippen LogP contribution >= 0.6 is 0 Å². The van der Waals surface area contributed by atoms with Gasteiger partial charge in [-0.1, -0.05) is 67.9 Å². The molecule has 2 aromatic rings. The number of hydrogen-bond acceptors (Lipinski definition) is 1. The monoisotopic (exact) mass is 281 g/mol. The Kier molecular flexibility index (Phi) is 6.01. The van der Waals surface area contributed by atoms with Crippen molar-refractivity contribution in [3.8, 4) is 0 Å². The van der Waals surface area contributed by atoms with E-state index in [1.165, 1.54) is 22.3 Å². The fourth-order valence-corrected chi connectivity index (χ4v) is 2.62. The Morgan fingerprint density at radius 3 is 2.38 bits per heavy atom. The summed E-state index contributed by atoms with van der Waals surface area (Å²) in [5.41, 5.74) is 5.55. The zero-order valence-corrected chi connectivity index (χ0v) is 13.5. The van der Waals surface area contributed by atoms with Crippen molar-refractivity contribution in [3.05, 3.63) is 70.8 Å². The van der Waals surface area contributed by atoms with Crippen LogP contribution in [0.1, 0.15) is 48.6 Å². The van der Waals surface area contributed by atoms with Crippen molar-refractivity contribution in [3.63, 3.8) is 0 Å². The Morgan fingerprint density at radius 1 is 0.952 bits per heavy atom. The highest BCUT2D eigenvalue weighted by molar-refractivity contribution is 5.29. The van der Waals surface area contributed by atoms with Crippen LogP contribution in [0, 0.1) is 6.92 Å². The van der Waals surface area contributed by atoms with Gasteiger partial charge < -0.3 is 5.32 Å². The molecule has 1 unspecified atom stereocenters. The van der Waals surface area contributed by atoms with E-state index in [-0.39, 0.29) is 0 Å². The van der Waals surface area contributed by atoms with Gasteiger partial charge >= 0.3 is 0 Å². The average molecular weight is 281 g/mol. The maximum absolute atomic E-state index is 3.70. The summed E-state index contributed by atoms with van der Waals surface area (Å²) in [7, 11) is 0. The van der Waals surface area contributed by atoms with Gasteiger partial charge in [-0.25, -0.2) is 0 Å². The average Bonchev–Trinajstić information content (AvgIpc) is 2.53. The van der Waals surface area contributed by atoms with Crippen LogP contribution in [0.25, 0.3) is 0 Å². The van der Waals surface area contributed by atoms with Gasteiger partial charge in [-0.2, -0.15) is 0 Å². The van der Waals surface area contributed by atoms with Gasteiger partial charge in [0.15, 0.2) is 0 Å². The van der Waals surface area contributed by atoms with E-state index < -0.39 is 0 Å². The van der Waals surface area contributed by atoms with Crippen molar-refractivity contribution in [1.82, 2.24) is 5.32 Å². The molecule has 2 rings (SSSR count). The Labute approximate surface area is 129 Å². The zero-order valence-electron chi connectivity index (χ0n) is 13.5. The number of aryl methyl sites for hydroxylation is 2. The minimum atomic E-state index is 0.402. The van der Waals surface area contributed by atoms with E-state index in [0.29, 0.717) is 6.04 Å². The van der Waals surface area contributed by atoms with Crippen molar-refractivity contribution in [2.75, 3.05) is 6.54 Å². The third kappa shape index (κ3) is 4.71. The highest BCUT2D eigenvalue weighted by Crippen LogP contribution is 2.20. The molecule has 2 aromatic carbocycles. The van der Waals surface area contributed by atoms with Crippen LogP contribution in [0.15, 0.2) is 48.5 Å². The molecule has 1 N–H and O–H groups in total. The van der Waals surface area contributed by atoms with E-state index >= 15 is 0 Å². The predicted molar refractivity (Wildman–Crippen MR) is 91.7 cm³/mol. The number of hydrogen-bond donors (Lipinski definition) is 1. The second kappa shape index (κ2) is 7.99. The first-order valence-corrected chi connectivity index (χ1v) is 8.10. The van der Waals surface area contributed by atoms with Crippen LogP contribution in [0.4, 0.5) is 0 Å². The SMILES string of the molecule is CCCNC(Cc1ccc(C)cc1)c1cccc(CC)c1. The summed E-state index contributed by atoms with van der Waals surface area (Å²) in [6, 6.07) is 18.3. The molecule has 0 heterocycles. The first-order valence-electron chi connectivity index (χ1n) is 8.10. The third-order valence-electron chi connectivity index (χ3n) is 3.96. The summed E-state index contributed by atoms with van der Waals surface area (Å²) in [6.45, 7) is 7.64. The van der Waals surface area contributed by atoms with Crippen molar-refractivity contribution in [2.24, 2.45) is 0 Å². The van der Waals surface area contributed by atoms with Crippen molar-refractivity contribution in [1.29, 1.82) is 0 Å². The zero-order chi connectivity index (χ0) is 15.1. The van der Waals surface area contributed by atoms with Crippen LogP contribution in [0.2, 0.25) is 0 Å². The molecule has 0 aromatic heterocycles. The lowest BCUT2D eigenvalue weighted by Gasteiger charge is -2.20. The van der Waals surface area contributed by atoms with Gasteiger partial charge in [-0.05, 0) is 49.4 Å². The molecule has 0 radical (unpaired) electrons. The first kappa shape index (κ1) is 15.8. The molecule has 1 heteroatoms. The fraction of sp³-hybridized carbons (Fsp3) is 0.400. The molecule has 21 heavy (non-hydrogen) atoms. The maximum atomic E-state index is 3.70. The summed E-state index contributed by atoms with van der Waals surface area (Å²) in [6.07, 6.45) is 3.31. The molecular formula is C20H27N. The van der Waals surface area contributed by atoms with Crippen LogP contribution in [0.5, 0.6) is 0 Å². The summed E-state index contributed by atoms with van der Waals surface area (Å²) in [5, 5.41) is 3.70. The van der Waals surface area contributed by atoms with Crippen molar-refractivity contribution < 1.29 is 0 Å². The number of nitrogens with one attached hydrogen (secondary N) is 1. The van der Waals surface area contributed by atoms with E-state index in [1.54, 1.807) is 0 Å². The van der Waals surface area contributed by atoms with Gasteiger partial charge in [0.25, 0.3) is 0 Å². The molecule has 0 amide bonds. The second-order valence-corrected chi connectivity index (χ2v) is 5.80. The molecule has 0 aliphatic heterocycles. The lowest BCUT2D eigenvalue weighted by molar-refractivity contribution is 0.529. The van der Waals surface area contributed by atoms with Gasteiger partial charge in [-0.15, -0.1) is 0 Å². The number of benzene rings is 2. The Balaban J connectivity index is 2.18. The Morgan fingerprint density at radius 2 is 1.71 bits per heavy atom. The molecule has 0 aliphatic rings. The molecule has 0 saturated carbocycles. The predicted octanol–water partition coefficient (Wildman–Crippen LogP) is 4.84. The fourth-order valence-electron chi connectivity index (χ4n) is 2.62. The van der Waals surface area contributed by atoms with Gasteiger partial charge in [0.1, 0.15) is 0 Å². The Hall–Kier alpha value is -1.60. The van der Waals surface area contributed by atoms with E-state index in [0.717, 1.165) is 25.8 Å². The summed E-state index contributed by atoms with van der Waals surface area (Å²) < 4.78 is 0. The summed E-state index contributed by atoms with van der Waals surface area (Å²) in [4.78, 5) is 0. The molecule has 0 aliphatic carbocycles. The lowest BCUT2D eigenvalue weighted by Crippen LogP contribution is -2.24. The largest absolute Gasteiger partial charge is 0.310 e. The lowest BCUT2D eigenvalue weighted by atomic mass is 9.96. The normalized spacial score (nSPS) is 12.3.